The van der Waals surface area contributed by atoms with Crippen molar-refractivity contribution < 1.29 is 28.9 Å². The number of aromatic nitrogens is 2. The van der Waals surface area contributed by atoms with E-state index in [-0.39, 0.29) is 16.5 Å². The Bertz CT molecular complexity index is 1600. The number of aliphatic hydroxyl groups excluding tert-OH is 1. The standard InChI is InChI=1S/C29H23N3O6S/c1-17-30-31-29(39-17)32-25(19-8-5-9-21(14-19)38-16-18-6-3-2-4-7-18)24(27(34)28(32)35)26(33)20-10-11-22-23(15-20)37-13-12-36-22/h2-11,14-15,25,33H,12-13,16H2,1H3/t25-/m0/s1. The molecule has 0 spiro atoms. The van der Waals surface area contributed by atoms with Crippen LogP contribution in [0.3, 0.4) is 0 Å². The number of Topliss-reactive ketones (excluding diaryl/α,β-unsaturated/α-hetero) is 1. The van der Waals surface area contributed by atoms with E-state index in [0.29, 0.717) is 53.2 Å². The number of nitrogens with zero attached hydrogens (tertiary/aromatic N) is 3. The number of rotatable bonds is 6. The highest BCUT2D eigenvalue weighted by Gasteiger charge is 2.48. The van der Waals surface area contributed by atoms with Gasteiger partial charge in [-0.25, -0.2) is 0 Å². The van der Waals surface area contributed by atoms with Gasteiger partial charge in [0.1, 0.15) is 36.3 Å². The van der Waals surface area contributed by atoms with Gasteiger partial charge in [-0.1, -0.05) is 53.8 Å². The maximum atomic E-state index is 13.4. The zero-order valence-corrected chi connectivity index (χ0v) is 21.7. The number of ether oxygens (including phenoxy) is 3. The lowest BCUT2D eigenvalue weighted by Crippen LogP contribution is -2.29. The third kappa shape index (κ3) is 4.70. The summed E-state index contributed by atoms with van der Waals surface area (Å²) in [5, 5.41) is 20.5. The van der Waals surface area contributed by atoms with E-state index in [1.54, 1.807) is 49.4 Å². The van der Waals surface area contributed by atoms with E-state index in [9.17, 15) is 14.7 Å². The molecule has 196 valence electrons. The van der Waals surface area contributed by atoms with Gasteiger partial charge < -0.3 is 19.3 Å². The highest BCUT2D eigenvalue weighted by atomic mass is 32.1. The molecule has 10 heteroatoms. The molecule has 0 bridgehead atoms. The number of aryl methyl sites for hydroxylation is 1. The molecule has 1 fully saturated rings. The Morgan fingerprint density at radius 3 is 2.56 bits per heavy atom. The minimum Gasteiger partial charge on any atom is -0.507 e. The smallest absolute Gasteiger partial charge is 0.301 e. The molecule has 1 atom stereocenters. The van der Waals surface area contributed by atoms with Crippen LogP contribution in [0.25, 0.3) is 5.76 Å². The topological polar surface area (TPSA) is 111 Å². The van der Waals surface area contributed by atoms with E-state index in [4.69, 9.17) is 14.2 Å². The summed E-state index contributed by atoms with van der Waals surface area (Å²) in [4.78, 5) is 28.1. The molecule has 0 radical (unpaired) electrons. The number of carbonyl (C=O) groups is 2. The molecule has 1 amide bonds. The molecule has 39 heavy (non-hydrogen) atoms. The summed E-state index contributed by atoms with van der Waals surface area (Å²) in [5.41, 5.74) is 1.83. The lowest BCUT2D eigenvalue weighted by atomic mass is 9.95. The number of carbonyl (C=O) groups excluding carboxylic acids is 2. The number of benzene rings is 3. The SMILES string of the molecule is Cc1nnc(N2C(=O)C(=O)C(=C(O)c3ccc4c(c3)OCCO4)[C@@H]2c2cccc(OCc3ccccc3)c2)s1. The van der Waals surface area contributed by atoms with Gasteiger partial charge in [0.15, 0.2) is 11.5 Å². The molecule has 1 aromatic heterocycles. The molecule has 0 unspecified atom stereocenters. The van der Waals surface area contributed by atoms with Gasteiger partial charge in [0.2, 0.25) is 5.13 Å². The highest BCUT2D eigenvalue weighted by Crippen LogP contribution is 2.44. The Balaban J connectivity index is 1.44. The van der Waals surface area contributed by atoms with E-state index < -0.39 is 17.7 Å². The quantitative estimate of drug-likeness (QED) is 0.210. The first-order valence-electron chi connectivity index (χ1n) is 12.3. The highest BCUT2D eigenvalue weighted by molar-refractivity contribution is 7.15. The predicted octanol–water partition coefficient (Wildman–Crippen LogP) is 4.82. The van der Waals surface area contributed by atoms with Gasteiger partial charge in [0.05, 0.1) is 11.6 Å². The lowest BCUT2D eigenvalue weighted by molar-refractivity contribution is -0.132. The lowest BCUT2D eigenvalue weighted by Gasteiger charge is -2.23. The first kappa shape index (κ1) is 24.6. The number of amides is 1. The van der Waals surface area contributed by atoms with Gasteiger partial charge in [-0.2, -0.15) is 0 Å². The number of fused-ring (bicyclic) bond motifs is 1. The third-order valence-electron chi connectivity index (χ3n) is 6.40. The zero-order valence-electron chi connectivity index (χ0n) is 20.9. The summed E-state index contributed by atoms with van der Waals surface area (Å²) in [6, 6.07) is 20.8. The summed E-state index contributed by atoms with van der Waals surface area (Å²) >= 11 is 1.19. The van der Waals surface area contributed by atoms with E-state index in [1.165, 1.54) is 16.2 Å². The molecule has 9 nitrogen and oxygen atoms in total. The molecular weight excluding hydrogens is 518 g/mol. The van der Waals surface area contributed by atoms with Crippen molar-refractivity contribution in [2.75, 3.05) is 18.1 Å². The molecule has 2 aliphatic rings. The van der Waals surface area contributed by atoms with Crippen LogP contribution >= 0.6 is 11.3 Å². The Hall–Kier alpha value is -4.70. The predicted molar refractivity (Wildman–Crippen MR) is 144 cm³/mol. The van der Waals surface area contributed by atoms with Crippen molar-refractivity contribution in [2.24, 2.45) is 0 Å². The fourth-order valence-corrected chi connectivity index (χ4v) is 5.30. The number of aliphatic hydroxyl groups is 1. The van der Waals surface area contributed by atoms with Crippen LogP contribution in [-0.2, 0) is 16.2 Å². The van der Waals surface area contributed by atoms with Crippen molar-refractivity contribution in [3.63, 3.8) is 0 Å². The van der Waals surface area contributed by atoms with Crippen molar-refractivity contribution in [3.05, 3.63) is 100 Å². The normalized spacial score (nSPS) is 17.9. The van der Waals surface area contributed by atoms with Gasteiger partial charge in [-0.05, 0) is 48.4 Å². The zero-order chi connectivity index (χ0) is 26.9. The molecule has 1 saturated heterocycles. The van der Waals surface area contributed by atoms with Crippen molar-refractivity contribution in [1.82, 2.24) is 10.2 Å². The fraction of sp³-hybridized carbons (Fsp3) is 0.172. The molecule has 0 saturated carbocycles. The van der Waals surface area contributed by atoms with Crippen LogP contribution in [0.1, 0.15) is 27.7 Å². The second kappa shape index (κ2) is 10.2. The second-order valence-electron chi connectivity index (χ2n) is 8.98. The summed E-state index contributed by atoms with van der Waals surface area (Å²) in [5.74, 6) is -0.402. The Morgan fingerprint density at radius 1 is 1.00 bits per heavy atom. The van der Waals surface area contributed by atoms with Gasteiger partial charge in [-0.3, -0.25) is 14.5 Å². The average molecular weight is 542 g/mol. The molecule has 6 rings (SSSR count). The van der Waals surface area contributed by atoms with Crippen molar-refractivity contribution >= 4 is 33.9 Å². The first-order chi connectivity index (χ1) is 19.0. The van der Waals surface area contributed by atoms with Crippen LogP contribution in [0.5, 0.6) is 17.2 Å². The minimum absolute atomic E-state index is 0.0651. The Morgan fingerprint density at radius 2 is 1.79 bits per heavy atom. The average Bonchev–Trinajstić information content (AvgIpc) is 3.51. The van der Waals surface area contributed by atoms with Gasteiger partial charge in [0, 0.05) is 5.56 Å². The van der Waals surface area contributed by atoms with Crippen LogP contribution in [0, 0.1) is 6.92 Å². The molecule has 1 N–H and O–H groups in total. The number of hydrogen-bond donors (Lipinski definition) is 1. The van der Waals surface area contributed by atoms with Crippen LogP contribution in [0.15, 0.2) is 78.4 Å². The first-order valence-corrected chi connectivity index (χ1v) is 13.1. The molecule has 4 aromatic rings. The maximum Gasteiger partial charge on any atom is 0.301 e. The van der Waals surface area contributed by atoms with Crippen molar-refractivity contribution in [1.29, 1.82) is 0 Å². The van der Waals surface area contributed by atoms with E-state index >= 15 is 0 Å². The summed E-state index contributed by atoms with van der Waals surface area (Å²) in [7, 11) is 0. The number of ketones is 1. The van der Waals surface area contributed by atoms with E-state index in [1.807, 2.05) is 30.3 Å². The summed E-state index contributed by atoms with van der Waals surface area (Å²) in [6.07, 6.45) is 0. The van der Waals surface area contributed by atoms with Crippen LogP contribution < -0.4 is 19.1 Å². The summed E-state index contributed by atoms with van der Waals surface area (Å²) < 4.78 is 17.2. The Labute approximate surface area is 227 Å². The van der Waals surface area contributed by atoms with Gasteiger partial charge in [0.25, 0.3) is 5.78 Å². The molecule has 3 heterocycles. The number of anilines is 1. The van der Waals surface area contributed by atoms with Gasteiger partial charge in [-0.15, -0.1) is 10.2 Å². The van der Waals surface area contributed by atoms with Crippen LogP contribution in [-0.4, -0.2) is 40.2 Å². The minimum atomic E-state index is -0.953. The third-order valence-corrected chi connectivity index (χ3v) is 7.24. The monoisotopic (exact) mass is 541 g/mol. The molecular formula is C29H23N3O6S. The maximum absolute atomic E-state index is 13.4. The molecule has 3 aromatic carbocycles. The largest absolute Gasteiger partial charge is 0.507 e. The van der Waals surface area contributed by atoms with Crippen molar-refractivity contribution in [3.8, 4) is 17.2 Å². The Kier molecular flexibility index (Phi) is 6.45. The number of hydrogen-bond acceptors (Lipinski definition) is 9. The van der Waals surface area contributed by atoms with E-state index in [0.717, 1.165) is 5.56 Å². The molecule has 0 aliphatic carbocycles. The van der Waals surface area contributed by atoms with Crippen LogP contribution in [0.4, 0.5) is 5.13 Å². The van der Waals surface area contributed by atoms with Crippen LogP contribution in [0.2, 0.25) is 0 Å². The summed E-state index contributed by atoms with van der Waals surface area (Å²) in [6.45, 7) is 2.90. The van der Waals surface area contributed by atoms with Gasteiger partial charge >= 0.3 is 5.91 Å². The second-order valence-corrected chi connectivity index (χ2v) is 10.1. The molecule has 2 aliphatic heterocycles. The van der Waals surface area contributed by atoms with Crippen molar-refractivity contribution in [2.45, 2.75) is 19.6 Å². The fourth-order valence-electron chi connectivity index (χ4n) is 4.59. The van der Waals surface area contributed by atoms with E-state index in [2.05, 4.69) is 10.2 Å².